The topological polar surface area (TPSA) is 95.6 Å². The Labute approximate surface area is 144 Å². The average molecular weight is 384 g/mol. The first-order valence-electron chi connectivity index (χ1n) is 6.96. The highest BCUT2D eigenvalue weighted by molar-refractivity contribution is 7.89. The fourth-order valence-corrected chi connectivity index (χ4v) is 5.02. The first-order valence-corrected chi connectivity index (χ1v) is 9.88. The maximum absolute atomic E-state index is 12.6. The minimum absolute atomic E-state index is 0. The van der Waals surface area contributed by atoms with Gasteiger partial charge in [-0.3, -0.25) is 0 Å². The Morgan fingerprint density at radius 2 is 1.91 bits per heavy atom. The standard InChI is InChI=1S/C13H21N3O4S2.ClH/c1-10-8-12(4-5-13(10)21(17,18)14-3)22(19,20)16-7-6-15-11(2)9-16;/h4-5,8,11,14-15H,6-7,9H2,1-3H3;1H. The lowest BCUT2D eigenvalue weighted by atomic mass is 10.2. The Morgan fingerprint density at radius 1 is 1.26 bits per heavy atom. The molecule has 1 aromatic rings. The Bertz CT molecular complexity index is 765. The zero-order chi connectivity index (χ0) is 16.5. The Hall–Kier alpha value is -0.710. The van der Waals surface area contributed by atoms with Gasteiger partial charge in [-0.25, -0.2) is 21.6 Å². The molecule has 0 aromatic heterocycles. The van der Waals surface area contributed by atoms with Gasteiger partial charge in [0.2, 0.25) is 20.0 Å². The molecule has 0 saturated carbocycles. The molecule has 1 aromatic carbocycles. The van der Waals surface area contributed by atoms with E-state index in [4.69, 9.17) is 0 Å². The number of piperazine rings is 1. The van der Waals surface area contributed by atoms with Gasteiger partial charge in [0.1, 0.15) is 0 Å². The lowest BCUT2D eigenvalue weighted by Gasteiger charge is -2.31. The van der Waals surface area contributed by atoms with E-state index in [1.807, 2.05) is 6.92 Å². The van der Waals surface area contributed by atoms with E-state index in [0.29, 0.717) is 25.2 Å². The van der Waals surface area contributed by atoms with Crippen LogP contribution in [0.1, 0.15) is 12.5 Å². The zero-order valence-electron chi connectivity index (χ0n) is 13.2. The number of aryl methyl sites for hydroxylation is 1. The number of nitrogens with zero attached hydrogens (tertiary/aromatic N) is 1. The van der Waals surface area contributed by atoms with Crippen LogP contribution in [0.2, 0.25) is 0 Å². The van der Waals surface area contributed by atoms with E-state index in [1.165, 1.54) is 29.6 Å². The average Bonchev–Trinajstić information content (AvgIpc) is 2.46. The van der Waals surface area contributed by atoms with E-state index in [9.17, 15) is 16.8 Å². The molecule has 0 amide bonds. The third-order valence-electron chi connectivity index (χ3n) is 3.67. The molecular weight excluding hydrogens is 362 g/mol. The van der Waals surface area contributed by atoms with Crippen molar-refractivity contribution in [1.29, 1.82) is 0 Å². The normalized spacial score (nSPS) is 20.0. The van der Waals surface area contributed by atoms with Crippen molar-refractivity contribution < 1.29 is 16.8 Å². The van der Waals surface area contributed by atoms with Crippen LogP contribution in [0.4, 0.5) is 0 Å². The van der Waals surface area contributed by atoms with E-state index in [1.54, 1.807) is 6.92 Å². The highest BCUT2D eigenvalue weighted by Gasteiger charge is 2.29. The number of nitrogens with one attached hydrogen (secondary N) is 2. The first-order chi connectivity index (χ1) is 10.2. The molecule has 0 bridgehead atoms. The third kappa shape index (κ3) is 4.23. The van der Waals surface area contributed by atoms with Crippen molar-refractivity contribution in [1.82, 2.24) is 14.3 Å². The number of hydrogen-bond acceptors (Lipinski definition) is 5. The minimum Gasteiger partial charge on any atom is -0.312 e. The van der Waals surface area contributed by atoms with Crippen LogP contribution >= 0.6 is 12.4 Å². The molecular formula is C13H22ClN3O4S2. The molecule has 1 fully saturated rings. The quantitative estimate of drug-likeness (QED) is 0.780. The molecule has 2 N–H and O–H groups in total. The molecule has 132 valence electrons. The summed E-state index contributed by atoms with van der Waals surface area (Å²) in [6.07, 6.45) is 0. The van der Waals surface area contributed by atoms with Crippen LogP contribution in [0.3, 0.4) is 0 Å². The van der Waals surface area contributed by atoms with Gasteiger partial charge in [0.15, 0.2) is 0 Å². The molecule has 10 heteroatoms. The molecule has 7 nitrogen and oxygen atoms in total. The molecule has 1 aliphatic rings. The Kier molecular flexibility index (Phi) is 6.59. The second-order valence-corrected chi connectivity index (χ2v) is 9.15. The van der Waals surface area contributed by atoms with E-state index < -0.39 is 20.0 Å². The molecule has 1 heterocycles. The van der Waals surface area contributed by atoms with E-state index in [2.05, 4.69) is 10.0 Å². The molecule has 2 rings (SSSR count). The molecule has 0 aliphatic carbocycles. The summed E-state index contributed by atoms with van der Waals surface area (Å²) in [6.45, 7) is 4.92. The van der Waals surface area contributed by atoms with Crippen LogP contribution in [0, 0.1) is 6.92 Å². The summed E-state index contributed by atoms with van der Waals surface area (Å²) in [5.74, 6) is 0. The minimum atomic E-state index is -3.61. The zero-order valence-corrected chi connectivity index (χ0v) is 15.7. The summed E-state index contributed by atoms with van der Waals surface area (Å²) in [7, 11) is -5.88. The van der Waals surface area contributed by atoms with E-state index >= 15 is 0 Å². The molecule has 0 spiro atoms. The maximum Gasteiger partial charge on any atom is 0.243 e. The number of benzene rings is 1. The Balaban J connectivity index is 0.00000264. The number of hydrogen-bond donors (Lipinski definition) is 2. The van der Waals surface area contributed by atoms with Gasteiger partial charge in [-0.2, -0.15) is 4.31 Å². The van der Waals surface area contributed by atoms with Crippen LogP contribution in [-0.4, -0.2) is 53.9 Å². The van der Waals surface area contributed by atoms with E-state index in [-0.39, 0.29) is 28.2 Å². The largest absolute Gasteiger partial charge is 0.312 e. The van der Waals surface area contributed by atoms with Gasteiger partial charge >= 0.3 is 0 Å². The summed E-state index contributed by atoms with van der Waals surface area (Å²) in [4.78, 5) is 0.205. The van der Waals surface area contributed by atoms with Crippen LogP contribution in [0.15, 0.2) is 28.0 Å². The molecule has 1 aliphatic heterocycles. The predicted octanol–water partition coefficient (Wildman–Crippen LogP) is 0.307. The van der Waals surface area contributed by atoms with Crippen LogP contribution in [0.25, 0.3) is 0 Å². The van der Waals surface area contributed by atoms with E-state index in [0.717, 1.165) is 0 Å². The van der Waals surface area contributed by atoms with Gasteiger partial charge in [0, 0.05) is 25.7 Å². The lowest BCUT2D eigenvalue weighted by Crippen LogP contribution is -2.51. The van der Waals surface area contributed by atoms with Gasteiger partial charge in [-0.15, -0.1) is 12.4 Å². The summed E-state index contributed by atoms with van der Waals surface area (Å²) in [5, 5.41) is 3.19. The molecule has 0 radical (unpaired) electrons. The van der Waals surface area contributed by atoms with Crippen LogP contribution in [-0.2, 0) is 20.0 Å². The van der Waals surface area contributed by atoms with Crippen molar-refractivity contribution in [2.45, 2.75) is 29.7 Å². The molecule has 1 saturated heterocycles. The molecule has 1 unspecified atom stereocenters. The van der Waals surface area contributed by atoms with Crippen LogP contribution in [0.5, 0.6) is 0 Å². The highest BCUT2D eigenvalue weighted by atomic mass is 35.5. The molecule has 1 atom stereocenters. The summed E-state index contributed by atoms with van der Waals surface area (Å²) < 4.78 is 52.6. The number of sulfonamides is 2. The smallest absolute Gasteiger partial charge is 0.243 e. The lowest BCUT2D eigenvalue weighted by molar-refractivity contribution is 0.310. The van der Waals surface area contributed by atoms with Gasteiger partial charge in [0.05, 0.1) is 9.79 Å². The van der Waals surface area contributed by atoms with Crippen molar-refractivity contribution in [2.75, 3.05) is 26.7 Å². The van der Waals surface area contributed by atoms with Gasteiger partial charge in [-0.1, -0.05) is 0 Å². The predicted molar refractivity (Wildman–Crippen MR) is 90.9 cm³/mol. The maximum atomic E-state index is 12.6. The number of rotatable bonds is 4. The summed E-state index contributed by atoms with van der Waals surface area (Å²) in [5.41, 5.74) is 0.401. The third-order valence-corrected chi connectivity index (χ3v) is 7.11. The van der Waals surface area contributed by atoms with Gasteiger partial charge in [-0.05, 0) is 44.7 Å². The van der Waals surface area contributed by atoms with Gasteiger partial charge in [0.25, 0.3) is 0 Å². The van der Waals surface area contributed by atoms with Crippen LogP contribution < -0.4 is 10.0 Å². The fraction of sp³-hybridized carbons (Fsp3) is 0.538. The van der Waals surface area contributed by atoms with Crippen molar-refractivity contribution in [3.05, 3.63) is 23.8 Å². The Morgan fingerprint density at radius 3 is 2.43 bits per heavy atom. The first kappa shape index (κ1) is 20.3. The SMILES string of the molecule is CNS(=O)(=O)c1ccc(S(=O)(=O)N2CCNC(C)C2)cc1C.Cl. The number of halogens is 1. The second kappa shape index (κ2) is 7.45. The second-order valence-electron chi connectivity index (χ2n) is 5.35. The molecule has 23 heavy (non-hydrogen) atoms. The summed E-state index contributed by atoms with van der Waals surface area (Å²) in [6, 6.07) is 4.18. The fourth-order valence-electron chi connectivity index (χ4n) is 2.46. The highest BCUT2D eigenvalue weighted by Crippen LogP contribution is 2.22. The summed E-state index contributed by atoms with van der Waals surface area (Å²) >= 11 is 0. The van der Waals surface area contributed by atoms with Crippen molar-refractivity contribution in [2.24, 2.45) is 0 Å². The van der Waals surface area contributed by atoms with Gasteiger partial charge < -0.3 is 5.32 Å². The van der Waals surface area contributed by atoms with Crippen molar-refractivity contribution in [3.8, 4) is 0 Å². The van der Waals surface area contributed by atoms with Crippen molar-refractivity contribution in [3.63, 3.8) is 0 Å². The van der Waals surface area contributed by atoms with Crippen molar-refractivity contribution >= 4 is 32.5 Å². The monoisotopic (exact) mass is 383 g/mol.